The van der Waals surface area contributed by atoms with Crippen molar-refractivity contribution in [3.8, 4) is 11.5 Å². The Morgan fingerprint density at radius 2 is 1.11 bits per heavy atom. The standard InChI is InChI=1S/C21H28O6/c1-21(2,15-3-5-19(26)13(7-15)9-17(24)11-22)16-4-6-20(27)14(8-16)10-18(25)12-23/h3-8,17-18,22-27H,9-12H2,1-2H3. The Labute approximate surface area is 159 Å². The molecule has 2 rings (SSSR count). The fourth-order valence-corrected chi connectivity index (χ4v) is 3.08. The maximum atomic E-state index is 10.0. The third kappa shape index (κ3) is 4.99. The van der Waals surface area contributed by atoms with Crippen LogP contribution in [0, 0.1) is 0 Å². The van der Waals surface area contributed by atoms with Crippen molar-refractivity contribution in [1.82, 2.24) is 0 Å². The largest absolute Gasteiger partial charge is 0.508 e. The second-order valence-electron chi connectivity index (χ2n) is 7.39. The Morgan fingerprint density at radius 3 is 1.44 bits per heavy atom. The maximum Gasteiger partial charge on any atom is 0.118 e. The van der Waals surface area contributed by atoms with Gasteiger partial charge in [-0.15, -0.1) is 0 Å². The first kappa shape index (κ1) is 21.2. The van der Waals surface area contributed by atoms with E-state index < -0.39 is 17.6 Å². The van der Waals surface area contributed by atoms with Crippen LogP contribution in [0.25, 0.3) is 0 Å². The molecule has 0 aliphatic carbocycles. The highest BCUT2D eigenvalue weighted by Crippen LogP contribution is 2.36. The van der Waals surface area contributed by atoms with Crippen molar-refractivity contribution in [2.75, 3.05) is 13.2 Å². The summed E-state index contributed by atoms with van der Waals surface area (Å²) >= 11 is 0. The summed E-state index contributed by atoms with van der Waals surface area (Å²) in [4.78, 5) is 0. The molecule has 148 valence electrons. The van der Waals surface area contributed by atoms with E-state index in [-0.39, 0.29) is 37.6 Å². The van der Waals surface area contributed by atoms with Crippen LogP contribution in [0.4, 0.5) is 0 Å². The number of benzene rings is 2. The second kappa shape index (κ2) is 8.71. The van der Waals surface area contributed by atoms with Gasteiger partial charge in [0, 0.05) is 18.3 Å². The van der Waals surface area contributed by atoms with Gasteiger partial charge in [-0.2, -0.15) is 0 Å². The molecule has 0 spiro atoms. The van der Waals surface area contributed by atoms with E-state index >= 15 is 0 Å². The van der Waals surface area contributed by atoms with Gasteiger partial charge in [0.2, 0.25) is 0 Å². The molecule has 2 aromatic rings. The van der Waals surface area contributed by atoms with Crippen LogP contribution < -0.4 is 0 Å². The normalized spacial score (nSPS) is 14.1. The first-order valence-corrected chi connectivity index (χ1v) is 8.91. The lowest BCUT2D eigenvalue weighted by Crippen LogP contribution is -2.21. The Balaban J connectivity index is 2.40. The fourth-order valence-electron chi connectivity index (χ4n) is 3.08. The third-order valence-electron chi connectivity index (χ3n) is 4.93. The zero-order valence-corrected chi connectivity index (χ0v) is 15.6. The molecular formula is C21H28O6. The number of rotatable bonds is 8. The summed E-state index contributed by atoms with van der Waals surface area (Å²) in [5.41, 5.74) is 2.37. The summed E-state index contributed by atoms with van der Waals surface area (Å²) in [5, 5.41) is 57.6. The number of aliphatic hydroxyl groups is 4. The predicted octanol–water partition coefficient (Wildman–Crippen LogP) is 1.22. The number of phenolic OH excluding ortho intramolecular Hbond substituents is 2. The van der Waals surface area contributed by atoms with Gasteiger partial charge in [0.25, 0.3) is 0 Å². The molecule has 0 aromatic heterocycles. The van der Waals surface area contributed by atoms with Crippen LogP contribution in [-0.2, 0) is 18.3 Å². The van der Waals surface area contributed by atoms with Gasteiger partial charge in [-0.05, 0) is 34.4 Å². The Hall–Kier alpha value is -2.12. The summed E-state index contributed by atoms with van der Waals surface area (Å²) in [7, 11) is 0. The molecule has 6 heteroatoms. The van der Waals surface area contributed by atoms with Crippen LogP contribution in [0.3, 0.4) is 0 Å². The first-order chi connectivity index (χ1) is 12.7. The second-order valence-corrected chi connectivity index (χ2v) is 7.39. The molecule has 0 saturated carbocycles. The minimum absolute atomic E-state index is 0.0551. The van der Waals surface area contributed by atoms with E-state index in [4.69, 9.17) is 10.2 Å². The lowest BCUT2D eigenvalue weighted by molar-refractivity contribution is 0.0949. The van der Waals surface area contributed by atoms with Crippen molar-refractivity contribution >= 4 is 0 Å². The number of hydrogen-bond donors (Lipinski definition) is 6. The summed E-state index contributed by atoms with van der Waals surface area (Å²) in [5.74, 6) is 0.110. The van der Waals surface area contributed by atoms with Crippen molar-refractivity contribution in [3.05, 3.63) is 58.7 Å². The SMILES string of the molecule is CC(C)(c1ccc(O)c(CC(O)CO)c1)c1ccc(O)c(CC(O)CO)c1. The molecule has 0 saturated heterocycles. The van der Waals surface area contributed by atoms with Crippen LogP contribution in [0.1, 0.15) is 36.1 Å². The van der Waals surface area contributed by atoms with Crippen LogP contribution in [0.2, 0.25) is 0 Å². The first-order valence-electron chi connectivity index (χ1n) is 8.91. The molecule has 0 aliphatic heterocycles. The lowest BCUT2D eigenvalue weighted by atomic mass is 9.76. The highest BCUT2D eigenvalue weighted by Gasteiger charge is 2.25. The van der Waals surface area contributed by atoms with Gasteiger partial charge in [-0.25, -0.2) is 0 Å². The van der Waals surface area contributed by atoms with E-state index in [1.54, 1.807) is 36.4 Å². The zero-order chi connectivity index (χ0) is 20.2. The van der Waals surface area contributed by atoms with Crippen molar-refractivity contribution in [2.24, 2.45) is 0 Å². The van der Waals surface area contributed by atoms with E-state index in [2.05, 4.69) is 0 Å². The summed E-state index contributed by atoms with van der Waals surface area (Å²) in [6, 6.07) is 10.3. The van der Waals surface area contributed by atoms with Crippen molar-refractivity contribution in [1.29, 1.82) is 0 Å². The summed E-state index contributed by atoms with van der Waals surface area (Å²) in [6.45, 7) is 3.21. The number of hydrogen-bond acceptors (Lipinski definition) is 6. The molecule has 0 heterocycles. The molecule has 2 atom stereocenters. The van der Waals surface area contributed by atoms with Crippen molar-refractivity contribution in [3.63, 3.8) is 0 Å². The number of aliphatic hydroxyl groups excluding tert-OH is 4. The van der Waals surface area contributed by atoms with E-state index in [0.717, 1.165) is 11.1 Å². The van der Waals surface area contributed by atoms with E-state index in [1.807, 2.05) is 13.8 Å². The molecule has 0 amide bonds. The average Bonchev–Trinajstić information content (AvgIpc) is 2.64. The van der Waals surface area contributed by atoms with Gasteiger partial charge in [-0.3, -0.25) is 0 Å². The molecular weight excluding hydrogens is 348 g/mol. The Kier molecular flexibility index (Phi) is 6.84. The smallest absolute Gasteiger partial charge is 0.118 e. The highest BCUT2D eigenvalue weighted by atomic mass is 16.3. The molecule has 0 bridgehead atoms. The fraction of sp³-hybridized carbons (Fsp3) is 0.429. The highest BCUT2D eigenvalue weighted by molar-refractivity contribution is 5.47. The van der Waals surface area contributed by atoms with Crippen LogP contribution in [0.15, 0.2) is 36.4 Å². The lowest BCUT2D eigenvalue weighted by Gasteiger charge is -2.28. The quantitative estimate of drug-likeness (QED) is 0.412. The van der Waals surface area contributed by atoms with Crippen LogP contribution in [-0.4, -0.2) is 56.1 Å². The minimum atomic E-state index is -0.950. The van der Waals surface area contributed by atoms with Gasteiger partial charge in [0.05, 0.1) is 25.4 Å². The summed E-state index contributed by atoms with van der Waals surface area (Å²) in [6.07, 6.45) is -1.63. The van der Waals surface area contributed by atoms with Crippen LogP contribution >= 0.6 is 0 Å². The van der Waals surface area contributed by atoms with Gasteiger partial charge in [-0.1, -0.05) is 38.1 Å². The van der Waals surface area contributed by atoms with E-state index in [9.17, 15) is 20.4 Å². The average molecular weight is 376 g/mol. The van der Waals surface area contributed by atoms with E-state index in [1.165, 1.54) is 0 Å². The van der Waals surface area contributed by atoms with Gasteiger partial charge >= 0.3 is 0 Å². The molecule has 2 aromatic carbocycles. The Morgan fingerprint density at radius 1 is 0.741 bits per heavy atom. The number of aromatic hydroxyl groups is 2. The molecule has 0 fully saturated rings. The summed E-state index contributed by atoms with van der Waals surface area (Å²) < 4.78 is 0. The van der Waals surface area contributed by atoms with Crippen molar-refractivity contribution < 1.29 is 30.6 Å². The monoisotopic (exact) mass is 376 g/mol. The zero-order valence-electron chi connectivity index (χ0n) is 15.6. The van der Waals surface area contributed by atoms with Gasteiger partial charge in [0.15, 0.2) is 0 Å². The van der Waals surface area contributed by atoms with Gasteiger partial charge < -0.3 is 30.6 Å². The molecule has 0 aliphatic rings. The van der Waals surface area contributed by atoms with Gasteiger partial charge in [0.1, 0.15) is 11.5 Å². The molecule has 2 unspecified atom stereocenters. The molecule has 6 nitrogen and oxygen atoms in total. The predicted molar refractivity (Wildman–Crippen MR) is 102 cm³/mol. The van der Waals surface area contributed by atoms with Crippen LogP contribution in [0.5, 0.6) is 11.5 Å². The maximum absolute atomic E-state index is 10.0. The third-order valence-corrected chi connectivity index (χ3v) is 4.93. The van der Waals surface area contributed by atoms with E-state index in [0.29, 0.717) is 11.1 Å². The molecule has 27 heavy (non-hydrogen) atoms. The van der Waals surface area contributed by atoms with Crippen molar-refractivity contribution in [2.45, 2.75) is 44.3 Å². The number of phenols is 2. The minimum Gasteiger partial charge on any atom is -0.508 e. The topological polar surface area (TPSA) is 121 Å². The Bertz CT molecular complexity index is 708. The molecule has 6 N–H and O–H groups in total. The molecule has 0 radical (unpaired) electrons.